The molecule has 6 heteroatoms. The molecule has 1 N–H and O–H groups in total. The summed E-state index contributed by atoms with van der Waals surface area (Å²) in [5, 5.41) is 0. The molecule has 0 spiro atoms. The van der Waals surface area contributed by atoms with Gasteiger partial charge in [0.15, 0.2) is 0 Å². The number of benzene rings is 1. The lowest BCUT2D eigenvalue weighted by Gasteiger charge is -2.12. The minimum Gasteiger partial charge on any atom is -0.497 e. The molecule has 0 aliphatic heterocycles. The van der Waals surface area contributed by atoms with Crippen molar-refractivity contribution in [1.29, 1.82) is 0 Å². The van der Waals surface area contributed by atoms with Gasteiger partial charge in [0.1, 0.15) is 5.75 Å². The highest BCUT2D eigenvalue weighted by Crippen LogP contribution is 2.23. The SMILES string of the molecule is CCC(C(=O)OS(=O)O)c1ccc(OC)cc1. The fourth-order valence-corrected chi connectivity index (χ4v) is 1.76. The maximum atomic E-state index is 11.5. The van der Waals surface area contributed by atoms with Gasteiger partial charge < -0.3 is 8.92 Å². The Morgan fingerprint density at radius 1 is 1.41 bits per heavy atom. The van der Waals surface area contributed by atoms with E-state index in [1.807, 2.05) is 0 Å². The summed E-state index contributed by atoms with van der Waals surface area (Å²) in [7, 11) is 1.55. The van der Waals surface area contributed by atoms with Crippen molar-refractivity contribution in [3.8, 4) is 5.75 Å². The van der Waals surface area contributed by atoms with E-state index in [-0.39, 0.29) is 0 Å². The van der Waals surface area contributed by atoms with Crippen LogP contribution in [-0.2, 0) is 20.3 Å². The van der Waals surface area contributed by atoms with Crippen molar-refractivity contribution in [2.75, 3.05) is 7.11 Å². The van der Waals surface area contributed by atoms with Gasteiger partial charge in [-0.3, -0.25) is 9.35 Å². The van der Waals surface area contributed by atoms with Gasteiger partial charge in [0.05, 0.1) is 13.0 Å². The molecular formula is C11H14O5S. The van der Waals surface area contributed by atoms with Gasteiger partial charge in [0.2, 0.25) is 0 Å². The minimum absolute atomic E-state index is 0.488. The van der Waals surface area contributed by atoms with Crippen LogP contribution < -0.4 is 4.74 Å². The highest BCUT2D eigenvalue weighted by Gasteiger charge is 2.22. The summed E-state index contributed by atoms with van der Waals surface area (Å²) in [5.74, 6) is -0.571. The molecule has 17 heavy (non-hydrogen) atoms. The maximum absolute atomic E-state index is 11.5. The Labute approximate surface area is 102 Å². The second-order valence-corrected chi connectivity index (χ2v) is 3.95. The van der Waals surface area contributed by atoms with Crippen molar-refractivity contribution >= 4 is 17.3 Å². The van der Waals surface area contributed by atoms with Crippen molar-refractivity contribution in [3.63, 3.8) is 0 Å². The van der Waals surface area contributed by atoms with E-state index in [0.29, 0.717) is 12.2 Å². The summed E-state index contributed by atoms with van der Waals surface area (Å²) in [6.07, 6.45) is 0.488. The van der Waals surface area contributed by atoms with E-state index in [1.165, 1.54) is 0 Å². The average molecular weight is 258 g/mol. The largest absolute Gasteiger partial charge is 0.497 e. The number of methoxy groups -OCH3 is 1. The Morgan fingerprint density at radius 3 is 2.41 bits per heavy atom. The van der Waals surface area contributed by atoms with Crippen LogP contribution in [0.1, 0.15) is 24.8 Å². The number of rotatable bonds is 5. The summed E-state index contributed by atoms with van der Waals surface area (Å²) in [6, 6.07) is 6.91. The molecule has 0 radical (unpaired) electrons. The number of hydrogen-bond donors (Lipinski definition) is 1. The van der Waals surface area contributed by atoms with Crippen LogP contribution in [0.15, 0.2) is 24.3 Å². The zero-order valence-electron chi connectivity index (χ0n) is 9.58. The molecule has 0 heterocycles. The third-order valence-corrected chi connectivity index (χ3v) is 2.67. The van der Waals surface area contributed by atoms with Gasteiger partial charge in [0, 0.05) is 0 Å². The van der Waals surface area contributed by atoms with Crippen molar-refractivity contribution in [2.24, 2.45) is 0 Å². The van der Waals surface area contributed by atoms with Gasteiger partial charge in [-0.1, -0.05) is 19.1 Å². The van der Waals surface area contributed by atoms with Gasteiger partial charge in [-0.25, -0.2) is 0 Å². The molecule has 2 atom stereocenters. The molecule has 0 amide bonds. The lowest BCUT2D eigenvalue weighted by Crippen LogP contribution is -2.16. The molecule has 0 aliphatic carbocycles. The molecule has 0 fully saturated rings. The molecule has 1 aromatic rings. The number of carbonyl (C=O) groups excluding carboxylic acids is 1. The topological polar surface area (TPSA) is 72.8 Å². The van der Waals surface area contributed by atoms with E-state index < -0.39 is 23.2 Å². The third-order valence-electron chi connectivity index (χ3n) is 2.36. The van der Waals surface area contributed by atoms with E-state index in [0.717, 1.165) is 5.56 Å². The Morgan fingerprint density at radius 2 is 2.00 bits per heavy atom. The van der Waals surface area contributed by atoms with Crippen LogP contribution in [0.25, 0.3) is 0 Å². The standard InChI is InChI=1S/C11H14O5S/c1-3-10(11(12)16-17(13)14)8-4-6-9(15-2)7-5-8/h4-7,10H,3H2,1-2H3,(H,13,14). The Bertz CT molecular complexity index is 401. The molecule has 94 valence electrons. The predicted octanol–water partition coefficient (Wildman–Crippen LogP) is 1.87. The lowest BCUT2D eigenvalue weighted by molar-refractivity contribution is -0.135. The van der Waals surface area contributed by atoms with Crippen LogP contribution in [0.4, 0.5) is 0 Å². The average Bonchev–Trinajstić information content (AvgIpc) is 2.30. The molecule has 0 aliphatic rings. The van der Waals surface area contributed by atoms with E-state index >= 15 is 0 Å². The molecular weight excluding hydrogens is 244 g/mol. The van der Waals surface area contributed by atoms with Crippen molar-refractivity contribution in [1.82, 2.24) is 0 Å². The Kier molecular flexibility index (Phi) is 5.11. The first-order chi connectivity index (χ1) is 8.08. The first-order valence-corrected chi connectivity index (χ1v) is 6.08. The van der Waals surface area contributed by atoms with Crippen LogP contribution >= 0.6 is 0 Å². The van der Waals surface area contributed by atoms with E-state index in [4.69, 9.17) is 9.29 Å². The highest BCUT2D eigenvalue weighted by atomic mass is 32.2. The van der Waals surface area contributed by atoms with Gasteiger partial charge >= 0.3 is 17.3 Å². The lowest BCUT2D eigenvalue weighted by atomic mass is 9.97. The summed E-state index contributed by atoms with van der Waals surface area (Å²) < 4.78 is 28.2. The van der Waals surface area contributed by atoms with Crippen LogP contribution in [0.2, 0.25) is 0 Å². The number of ether oxygens (including phenoxy) is 1. The molecule has 2 unspecified atom stereocenters. The van der Waals surface area contributed by atoms with Crippen LogP contribution in [0, 0.1) is 0 Å². The van der Waals surface area contributed by atoms with E-state index in [9.17, 15) is 9.00 Å². The smallest absolute Gasteiger partial charge is 0.360 e. The monoisotopic (exact) mass is 258 g/mol. The van der Waals surface area contributed by atoms with E-state index in [1.54, 1.807) is 38.3 Å². The predicted molar refractivity (Wildman–Crippen MR) is 62.9 cm³/mol. The maximum Gasteiger partial charge on any atom is 0.360 e. The molecule has 0 aromatic heterocycles. The van der Waals surface area contributed by atoms with Crippen LogP contribution in [-0.4, -0.2) is 21.8 Å². The van der Waals surface area contributed by atoms with E-state index in [2.05, 4.69) is 4.18 Å². The van der Waals surface area contributed by atoms with Crippen LogP contribution in [0.5, 0.6) is 5.75 Å². The third kappa shape index (κ3) is 3.83. The first-order valence-electron chi connectivity index (χ1n) is 5.05. The molecule has 0 bridgehead atoms. The molecule has 5 nitrogen and oxygen atoms in total. The summed E-state index contributed by atoms with van der Waals surface area (Å²) in [4.78, 5) is 11.5. The molecule has 0 saturated carbocycles. The minimum atomic E-state index is -2.57. The summed E-state index contributed by atoms with van der Waals surface area (Å²) in [6.45, 7) is 1.80. The molecule has 0 saturated heterocycles. The molecule has 1 aromatic carbocycles. The zero-order valence-corrected chi connectivity index (χ0v) is 10.4. The fraction of sp³-hybridized carbons (Fsp3) is 0.364. The van der Waals surface area contributed by atoms with Crippen molar-refractivity contribution < 1.29 is 22.5 Å². The van der Waals surface area contributed by atoms with Gasteiger partial charge in [-0.05, 0) is 24.1 Å². The Hall–Kier alpha value is -1.40. The fourth-order valence-electron chi connectivity index (χ4n) is 1.50. The summed E-state index contributed by atoms with van der Waals surface area (Å²) >= 11 is -2.57. The number of hydrogen-bond acceptors (Lipinski definition) is 4. The quantitative estimate of drug-likeness (QED) is 0.816. The second-order valence-electron chi connectivity index (χ2n) is 3.35. The summed E-state index contributed by atoms with van der Waals surface area (Å²) in [5.41, 5.74) is 0.726. The van der Waals surface area contributed by atoms with Crippen molar-refractivity contribution in [2.45, 2.75) is 19.3 Å². The first kappa shape index (κ1) is 13.7. The van der Waals surface area contributed by atoms with Gasteiger partial charge in [-0.15, -0.1) is 0 Å². The normalized spacial score (nSPS) is 13.8. The van der Waals surface area contributed by atoms with Gasteiger partial charge in [-0.2, -0.15) is 4.21 Å². The van der Waals surface area contributed by atoms with Gasteiger partial charge in [0.25, 0.3) is 0 Å². The van der Waals surface area contributed by atoms with Crippen molar-refractivity contribution in [3.05, 3.63) is 29.8 Å². The second kappa shape index (κ2) is 6.36. The zero-order chi connectivity index (χ0) is 12.8. The molecule has 1 rings (SSSR count). The number of carbonyl (C=O) groups is 1. The van der Waals surface area contributed by atoms with Crippen LogP contribution in [0.3, 0.4) is 0 Å². The Balaban J connectivity index is 2.85. The highest BCUT2D eigenvalue weighted by molar-refractivity contribution is 7.74.